The minimum atomic E-state index is -0.293. The highest BCUT2D eigenvalue weighted by molar-refractivity contribution is 5.79. The van der Waals surface area contributed by atoms with E-state index in [1.807, 2.05) is 6.92 Å². The summed E-state index contributed by atoms with van der Waals surface area (Å²) in [5.74, 6) is -0.277. The summed E-state index contributed by atoms with van der Waals surface area (Å²) in [7, 11) is 0. The zero-order valence-electron chi connectivity index (χ0n) is 14.7. The average Bonchev–Trinajstić information content (AvgIpc) is 2.62. The number of aryl methyl sites for hydroxylation is 2. The van der Waals surface area contributed by atoms with E-state index in [1.165, 1.54) is 24.5 Å². The molecule has 1 fully saturated rings. The Kier molecular flexibility index (Phi) is 5.78. The lowest BCUT2D eigenvalue weighted by Crippen LogP contribution is -2.46. The highest BCUT2D eigenvalue weighted by Gasteiger charge is 2.24. The molecule has 1 atom stereocenters. The minimum absolute atomic E-state index is 0.0160. The number of ether oxygens (including phenoxy) is 1. The van der Waals surface area contributed by atoms with E-state index < -0.39 is 0 Å². The van der Waals surface area contributed by atoms with E-state index in [0.29, 0.717) is 38.2 Å². The summed E-state index contributed by atoms with van der Waals surface area (Å²) in [6.07, 6.45) is 2.88. The van der Waals surface area contributed by atoms with Crippen molar-refractivity contribution in [2.24, 2.45) is 0 Å². The Bertz CT molecular complexity index is 837. The van der Waals surface area contributed by atoms with Gasteiger partial charge in [0.25, 0.3) is 5.56 Å². The topological polar surface area (TPSA) is 75.3 Å². The van der Waals surface area contributed by atoms with Crippen LogP contribution in [0.2, 0.25) is 0 Å². The van der Waals surface area contributed by atoms with Crippen molar-refractivity contribution in [1.29, 1.82) is 0 Å². The molecular weight excluding hydrogens is 337 g/mol. The number of morpholine rings is 1. The fourth-order valence-electron chi connectivity index (χ4n) is 3.11. The second-order valence-corrected chi connectivity index (χ2v) is 6.52. The van der Waals surface area contributed by atoms with E-state index in [4.69, 9.17) is 4.74 Å². The fraction of sp³-hybridized carbons (Fsp3) is 0.421. The van der Waals surface area contributed by atoms with Gasteiger partial charge in [0.05, 0.1) is 25.5 Å². The number of halogens is 1. The second kappa shape index (κ2) is 8.23. The minimum Gasteiger partial charge on any atom is -0.375 e. The first-order valence-corrected chi connectivity index (χ1v) is 8.69. The molecule has 0 unspecified atom stereocenters. The van der Waals surface area contributed by atoms with Crippen LogP contribution in [0.25, 0.3) is 0 Å². The van der Waals surface area contributed by atoms with E-state index in [-0.39, 0.29) is 29.8 Å². The van der Waals surface area contributed by atoms with Gasteiger partial charge in [-0.1, -0.05) is 6.07 Å². The Morgan fingerprint density at radius 3 is 3.04 bits per heavy atom. The quantitative estimate of drug-likeness (QED) is 0.880. The van der Waals surface area contributed by atoms with Crippen LogP contribution in [-0.2, 0) is 22.4 Å². The predicted octanol–water partition coefficient (Wildman–Crippen LogP) is 1.62. The van der Waals surface area contributed by atoms with E-state index >= 15 is 0 Å². The molecule has 0 saturated carbocycles. The Balaban J connectivity index is 1.55. The number of amides is 1. The molecule has 26 heavy (non-hydrogen) atoms. The zero-order chi connectivity index (χ0) is 18.5. The van der Waals surface area contributed by atoms with Gasteiger partial charge in [-0.15, -0.1) is 0 Å². The number of aromatic nitrogens is 2. The van der Waals surface area contributed by atoms with Crippen LogP contribution in [0, 0.1) is 12.7 Å². The molecule has 6 nitrogen and oxygen atoms in total. The predicted molar refractivity (Wildman–Crippen MR) is 94.3 cm³/mol. The number of nitrogens with one attached hydrogen (secondary N) is 1. The highest BCUT2D eigenvalue weighted by Crippen LogP contribution is 2.15. The molecule has 1 amide bonds. The van der Waals surface area contributed by atoms with E-state index in [9.17, 15) is 14.0 Å². The molecule has 3 rings (SSSR count). The molecule has 1 N–H and O–H groups in total. The molecule has 1 aromatic heterocycles. The van der Waals surface area contributed by atoms with Crippen molar-refractivity contribution >= 4 is 5.91 Å². The Hall–Kier alpha value is -2.54. The van der Waals surface area contributed by atoms with Crippen LogP contribution in [0.5, 0.6) is 0 Å². The first-order valence-electron chi connectivity index (χ1n) is 8.69. The van der Waals surface area contributed by atoms with Gasteiger partial charge < -0.3 is 14.6 Å². The van der Waals surface area contributed by atoms with Crippen molar-refractivity contribution in [3.05, 3.63) is 63.6 Å². The maximum atomic E-state index is 13.2. The first kappa shape index (κ1) is 18.3. The molecular formula is C19H22FN3O3. The fourth-order valence-corrected chi connectivity index (χ4v) is 3.11. The van der Waals surface area contributed by atoms with Gasteiger partial charge in [0, 0.05) is 24.8 Å². The molecule has 0 aliphatic carbocycles. The van der Waals surface area contributed by atoms with Crippen molar-refractivity contribution in [2.75, 3.05) is 19.7 Å². The van der Waals surface area contributed by atoms with Gasteiger partial charge in [-0.2, -0.15) is 0 Å². The summed E-state index contributed by atoms with van der Waals surface area (Å²) in [4.78, 5) is 32.3. The molecule has 138 valence electrons. The zero-order valence-corrected chi connectivity index (χ0v) is 14.7. The van der Waals surface area contributed by atoms with Gasteiger partial charge in [-0.3, -0.25) is 9.59 Å². The van der Waals surface area contributed by atoms with Crippen LogP contribution >= 0.6 is 0 Å². The lowest BCUT2D eigenvalue weighted by atomic mass is 10.0. The normalized spacial score (nSPS) is 17.3. The molecule has 0 bridgehead atoms. The number of carbonyl (C=O) groups excluding carboxylic acids is 1. The monoisotopic (exact) mass is 359 g/mol. The van der Waals surface area contributed by atoms with Crippen molar-refractivity contribution < 1.29 is 13.9 Å². The number of hydrogen-bond acceptors (Lipinski definition) is 4. The van der Waals surface area contributed by atoms with Crippen LogP contribution in [0.1, 0.15) is 23.2 Å². The molecule has 2 aromatic rings. The SMILES string of the molecule is Cc1cc(F)ccc1CC(=O)N1CCO[C@H](CCc2cc(=O)[nH]cn2)C1. The highest BCUT2D eigenvalue weighted by atomic mass is 19.1. The first-order chi connectivity index (χ1) is 12.5. The van der Waals surface area contributed by atoms with Crippen LogP contribution in [0.4, 0.5) is 4.39 Å². The maximum Gasteiger partial charge on any atom is 0.250 e. The molecule has 1 saturated heterocycles. The molecule has 1 aliphatic rings. The van der Waals surface area contributed by atoms with E-state index in [0.717, 1.165) is 11.1 Å². The van der Waals surface area contributed by atoms with Crippen molar-refractivity contribution in [3.63, 3.8) is 0 Å². The number of H-pyrrole nitrogens is 1. The van der Waals surface area contributed by atoms with Crippen LogP contribution < -0.4 is 5.56 Å². The third-order valence-electron chi connectivity index (χ3n) is 4.60. The third-order valence-corrected chi connectivity index (χ3v) is 4.60. The van der Waals surface area contributed by atoms with Gasteiger partial charge >= 0.3 is 0 Å². The van der Waals surface area contributed by atoms with Gasteiger partial charge in [0.15, 0.2) is 0 Å². The number of aromatic amines is 1. The largest absolute Gasteiger partial charge is 0.375 e. The van der Waals surface area contributed by atoms with Crippen LogP contribution in [-0.4, -0.2) is 46.6 Å². The summed E-state index contributed by atoms with van der Waals surface area (Å²) < 4.78 is 18.9. The number of rotatable bonds is 5. The van der Waals surface area contributed by atoms with Gasteiger partial charge in [-0.25, -0.2) is 9.37 Å². The van der Waals surface area contributed by atoms with Gasteiger partial charge in [0.2, 0.25) is 5.91 Å². The summed E-state index contributed by atoms with van der Waals surface area (Å²) in [5, 5.41) is 0. The molecule has 0 spiro atoms. The lowest BCUT2D eigenvalue weighted by Gasteiger charge is -2.33. The maximum absolute atomic E-state index is 13.2. The van der Waals surface area contributed by atoms with Gasteiger partial charge in [-0.05, 0) is 43.0 Å². The Morgan fingerprint density at radius 1 is 1.42 bits per heavy atom. The lowest BCUT2D eigenvalue weighted by molar-refractivity contribution is -0.138. The van der Waals surface area contributed by atoms with Crippen molar-refractivity contribution in [1.82, 2.24) is 14.9 Å². The smallest absolute Gasteiger partial charge is 0.250 e. The summed E-state index contributed by atoms with van der Waals surface area (Å²) in [6.45, 7) is 3.37. The van der Waals surface area contributed by atoms with Crippen LogP contribution in [0.15, 0.2) is 35.4 Å². The summed E-state index contributed by atoms with van der Waals surface area (Å²) in [6, 6.07) is 5.97. The second-order valence-electron chi connectivity index (χ2n) is 6.52. The molecule has 1 aromatic carbocycles. The average molecular weight is 359 g/mol. The van der Waals surface area contributed by atoms with Crippen LogP contribution in [0.3, 0.4) is 0 Å². The number of hydrogen-bond donors (Lipinski definition) is 1. The molecule has 2 heterocycles. The van der Waals surface area contributed by atoms with E-state index in [1.54, 1.807) is 11.0 Å². The van der Waals surface area contributed by atoms with Gasteiger partial charge in [0.1, 0.15) is 5.82 Å². The molecule has 1 aliphatic heterocycles. The van der Waals surface area contributed by atoms with Crippen molar-refractivity contribution in [3.8, 4) is 0 Å². The number of benzene rings is 1. The van der Waals surface area contributed by atoms with Crippen molar-refractivity contribution in [2.45, 2.75) is 32.3 Å². The number of nitrogens with zero attached hydrogens (tertiary/aromatic N) is 2. The number of carbonyl (C=O) groups is 1. The Morgan fingerprint density at radius 2 is 2.27 bits per heavy atom. The standard InChI is InChI=1S/C19H22FN3O3/c1-13-8-15(20)3-2-14(13)9-19(25)23-6-7-26-17(11-23)5-4-16-10-18(24)22-12-21-16/h2-3,8,10,12,17H,4-7,9,11H2,1H3,(H,21,22,24)/t17-/m1/s1. The molecule has 7 heteroatoms. The van der Waals surface area contributed by atoms with E-state index in [2.05, 4.69) is 9.97 Å². The molecule has 0 radical (unpaired) electrons. The Labute approximate surface area is 151 Å². The third kappa shape index (κ3) is 4.76. The summed E-state index contributed by atoms with van der Waals surface area (Å²) in [5.41, 5.74) is 2.16. The summed E-state index contributed by atoms with van der Waals surface area (Å²) >= 11 is 0.